The van der Waals surface area contributed by atoms with Crippen LogP contribution in [0.25, 0.3) is 0 Å². The Morgan fingerprint density at radius 2 is 2.25 bits per heavy atom. The van der Waals surface area contributed by atoms with E-state index in [0.717, 1.165) is 31.7 Å². The van der Waals surface area contributed by atoms with E-state index in [1.165, 1.54) is 19.3 Å². The van der Waals surface area contributed by atoms with Gasteiger partial charge in [-0.1, -0.05) is 0 Å². The van der Waals surface area contributed by atoms with Crippen molar-refractivity contribution in [3.05, 3.63) is 23.9 Å². The first-order chi connectivity index (χ1) is 9.75. The molecule has 1 atom stereocenters. The fourth-order valence-electron chi connectivity index (χ4n) is 2.90. The van der Waals surface area contributed by atoms with Crippen LogP contribution in [-0.2, 0) is 0 Å². The van der Waals surface area contributed by atoms with Crippen LogP contribution in [0.5, 0.6) is 0 Å². The monoisotopic (exact) mass is 274 g/mol. The Bertz CT molecular complexity index is 487. The van der Waals surface area contributed by atoms with Crippen molar-refractivity contribution in [1.29, 1.82) is 0 Å². The molecule has 1 aliphatic carbocycles. The van der Waals surface area contributed by atoms with Gasteiger partial charge in [0.2, 0.25) is 0 Å². The summed E-state index contributed by atoms with van der Waals surface area (Å²) in [5.74, 6) is 0.356. The number of rotatable bonds is 5. The lowest BCUT2D eigenvalue weighted by Gasteiger charge is -2.37. The molecule has 0 bridgehead atoms. The molecule has 0 radical (unpaired) electrons. The standard InChI is InChI=1S/C15H22N4O/c16-14(20)13-5-3-8-17-15(13)19-9-2-1-4-12(19)10-18-11-6-7-11/h3,5,8,11-12,18H,1-2,4,6-7,9-10H2,(H2,16,20). The van der Waals surface area contributed by atoms with Crippen molar-refractivity contribution in [1.82, 2.24) is 10.3 Å². The Morgan fingerprint density at radius 3 is 3.00 bits per heavy atom. The highest BCUT2D eigenvalue weighted by Crippen LogP contribution is 2.26. The first-order valence-electron chi connectivity index (χ1n) is 7.50. The average Bonchev–Trinajstić information content (AvgIpc) is 3.29. The van der Waals surface area contributed by atoms with Gasteiger partial charge in [-0.2, -0.15) is 0 Å². The molecule has 1 amide bonds. The molecule has 2 aliphatic rings. The van der Waals surface area contributed by atoms with Crippen LogP contribution in [0.4, 0.5) is 5.82 Å². The number of aromatic nitrogens is 1. The predicted octanol–water partition coefficient (Wildman–Crippen LogP) is 1.29. The van der Waals surface area contributed by atoms with Crippen molar-refractivity contribution in [2.75, 3.05) is 18.0 Å². The molecule has 1 saturated heterocycles. The third-order valence-electron chi connectivity index (χ3n) is 4.17. The topological polar surface area (TPSA) is 71.2 Å². The number of primary amides is 1. The number of hydrogen-bond donors (Lipinski definition) is 2. The van der Waals surface area contributed by atoms with Gasteiger partial charge in [0.25, 0.3) is 5.91 Å². The van der Waals surface area contributed by atoms with Gasteiger partial charge in [-0.3, -0.25) is 4.79 Å². The summed E-state index contributed by atoms with van der Waals surface area (Å²) in [5.41, 5.74) is 6.01. The minimum atomic E-state index is -0.396. The molecule has 3 rings (SSSR count). The molecular weight excluding hydrogens is 252 g/mol. The highest BCUT2D eigenvalue weighted by molar-refractivity contribution is 5.97. The van der Waals surface area contributed by atoms with Crippen LogP contribution in [-0.4, -0.2) is 36.1 Å². The number of hydrogen-bond acceptors (Lipinski definition) is 4. The number of nitrogens with one attached hydrogen (secondary N) is 1. The molecule has 1 aliphatic heterocycles. The molecule has 0 spiro atoms. The third-order valence-corrected chi connectivity index (χ3v) is 4.17. The quantitative estimate of drug-likeness (QED) is 0.849. The zero-order valence-corrected chi connectivity index (χ0v) is 11.7. The number of piperidine rings is 1. The van der Waals surface area contributed by atoms with E-state index in [9.17, 15) is 4.79 Å². The van der Waals surface area contributed by atoms with E-state index in [0.29, 0.717) is 17.6 Å². The zero-order chi connectivity index (χ0) is 13.9. The number of anilines is 1. The predicted molar refractivity (Wildman–Crippen MR) is 78.8 cm³/mol. The lowest BCUT2D eigenvalue weighted by molar-refractivity contribution is 0.1000. The Labute approximate surface area is 119 Å². The van der Waals surface area contributed by atoms with Gasteiger partial charge in [0.1, 0.15) is 5.82 Å². The van der Waals surface area contributed by atoms with Crippen molar-refractivity contribution in [3.8, 4) is 0 Å². The molecule has 3 N–H and O–H groups in total. The van der Waals surface area contributed by atoms with Crippen LogP contribution < -0.4 is 16.0 Å². The molecule has 5 heteroatoms. The van der Waals surface area contributed by atoms with Gasteiger partial charge in [-0.15, -0.1) is 0 Å². The second-order valence-electron chi connectivity index (χ2n) is 5.76. The van der Waals surface area contributed by atoms with Crippen LogP contribution in [0.3, 0.4) is 0 Å². The van der Waals surface area contributed by atoms with E-state index in [1.807, 2.05) is 0 Å². The van der Waals surface area contributed by atoms with Gasteiger partial charge >= 0.3 is 0 Å². The summed E-state index contributed by atoms with van der Waals surface area (Å²) in [6.07, 6.45) is 7.86. The van der Waals surface area contributed by atoms with Gasteiger partial charge in [0.15, 0.2) is 0 Å². The number of carbonyl (C=O) groups excluding carboxylic acids is 1. The van der Waals surface area contributed by atoms with Gasteiger partial charge in [0.05, 0.1) is 5.56 Å². The number of amides is 1. The van der Waals surface area contributed by atoms with Gasteiger partial charge in [-0.05, 0) is 44.2 Å². The van der Waals surface area contributed by atoms with Crippen molar-refractivity contribution >= 4 is 11.7 Å². The van der Waals surface area contributed by atoms with E-state index >= 15 is 0 Å². The Kier molecular flexibility index (Phi) is 3.87. The second kappa shape index (κ2) is 5.79. The highest BCUT2D eigenvalue weighted by Gasteiger charge is 2.28. The normalized spacial score (nSPS) is 22.8. The molecule has 108 valence electrons. The summed E-state index contributed by atoms with van der Waals surface area (Å²) >= 11 is 0. The fraction of sp³-hybridized carbons (Fsp3) is 0.600. The molecule has 20 heavy (non-hydrogen) atoms. The van der Waals surface area contributed by atoms with Crippen LogP contribution in [0.1, 0.15) is 42.5 Å². The smallest absolute Gasteiger partial charge is 0.252 e. The van der Waals surface area contributed by atoms with Crippen LogP contribution in [0, 0.1) is 0 Å². The zero-order valence-electron chi connectivity index (χ0n) is 11.7. The third kappa shape index (κ3) is 2.93. The van der Waals surface area contributed by atoms with Gasteiger partial charge < -0.3 is 16.0 Å². The highest BCUT2D eigenvalue weighted by atomic mass is 16.1. The summed E-state index contributed by atoms with van der Waals surface area (Å²) in [4.78, 5) is 18.3. The maximum absolute atomic E-state index is 11.6. The lowest BCUT2D eigenvalue weighted by Crippen LogP contribution is -2.47. The van der Waals surface area contributed by atoms with Crippen LogP contribution in [0.2, 0.25) is 0 Å². The Hall–Kier alpha value is -1.62. The molecule has 0 aromatic carbocycles. The summed E-state index contributed by atoms with van der Waals surface area (Å²) in [6.45, 7) is 1.92. The summed E-state index contributed by atoms with van der Waals surface area (Å²) in [5, 5.41) is 3.59. The van der Waals surface area contributed by atoms with Gasteiger partial charge in [0, 0.05) is 31.4 Å². The number of nitrogens with two attached hydrogens (primary N) is 1. The van der Waals surface area contributed by atoms with E-state index < -0.39 is 5.91 Å². The SMILES string of the molecule is NC(=O)c1cccnc1N1CCCCC1CNC1CC1. The van der Waals surface area contributed by atoms with Crippen LogP contribution in [0.15, 0.2) is 18.3 Å². The fourth-order valence-corrected chi connectivity index (χ4v) is 2.90. The Balaban J connectivity index is 1.79. The van der Waals surface area contributed by atoms with E-state index in [1.54, 1.807) is 18.3 Å². The first-order valence-corrected chi connectivity index (χ1v) is 7.50. The summed E-state index contributed by atoms with van der Waals surface area (Å²) in [7, 11) is 0. The van der Waals surface area contributed by atoms with Crippen molar-refractivity contribution in [2.45, 2.75) is 44.2 Å². The second-order valence-corrected chi connectivity index (χ2v) is 5.76. The molecule has 5 nitrogen and oxygen atoms in total. The summed E-state index contributed by atoms with van der Waals surface area (Å²) in [6, 6.07) is 4.66. The molecule has 1 saturated carbocycles. The number of pyridine rings is 1. The molecule has 1 unspecified atom stereocenters. The molecule has 1 aromatic rings. The summed E-state index contributed by atoms with van der Waals surface area (Å²) < 4.78 is 0. The minimum Gasteiger partial charge on any atom is -0.365 e. The molecule has 2 heterocycles. The number of carbonyl (C=O) groups is 1. The van der Waals surface area contributed by atoms with Crippen molar-refractivity contribution in [3.63, 3.8) is 0 Å². The molecule has 2 fully saturated rings. The molecular formula is C15H22N4O. The Morgan fingerprint density at radius 1 is 1.40 bits per heavy atom. The number of nitrogens with zero attached hydrogens (tertiary/aromatic N) is 2. The van der Waals surface area contributed by atoms with E-state index in [2.05, 4.69) is 15.2 Å². The maximum atomic E-state index is 11.6. The minimum absolute atomic E-state index is 0.396. The van der Waals surface area contributed by atoms with Gasteiger partial charge in [-0.25, -0.2) is 4.98 Å². The van der Waals surface area contributed by atoms with E-state index in [-0.39, 0.29) is 0 Å². The van der Waals surface area contributed by atoms with Crippen LogP contribution >= 0.6 is 0 Å². The van der Waals surface area contributed by atoms with Crippen molar-refractivity contribution < 1.29 is 4.79 Å². The molecule has 1 aromatic heterocycles. The average molecular weight is 274 g/mol. The van der Waals surface area contributed by atoms with Crippen molar-refractivity contribution in [2.24, 2.45) is 5.73 Å². The first kappa shape index (κ1) is 13.4. The largest absolute Gasteiger partial charge is 0.365 e. The lowest BCUT2D eigenvalue weighted by atomic mass is 10.0. The van der Waals surface area contributed by atoms with E-state index in [4.69, 9.17) is 5.73 Å². The maximum Gasteiger partial charge on any atom is 0.252 e.